The highest BCUT2D eigenvalue weighted by Gasteiger charge is 2.24. The third-order valence-corrected chi connectivity index (χ3v) is 5.62. The van der Waals surface area contributed by atoms with Gasteiger partial charge in [0.15, 0.2) is 6.10 Å². The van der Waals surface area contributed by atoms with Crippen molar-refractivity contribution in [3.8, 4) is 0 Å². The number of rotatable bonds is 7. The fraction of sp³-hybridized carbons (Fsp3) is 0.381. The Hall–Kier alpha value is -3.18. The lowest BCUT2D eigenvalue weighted by Crippen LogP contribution is -2.46. The van der Waals surface area contributed by atoms with Gasteiger partial charge in [0.25, 0.3) is 5.91 Å². The zero-order valence-electron chi connectivity index (χ0n) is 18.6. The van der Waals surface area contributed by atoms with Crippen molar-refractivity contribution in [2.24, 2.45) is 5.14 Å². The summed E-state index contributed by atoms with van der Waals surface area (Å²) in [4.78, 5) is 36.4. The number of aromatic nitrogens is 1. The summed E-state index contributed by atoms with van der Waals surface area (Å²) < 4.78 is 29.9. The standard InChI is InChI=1S/C21H28N4O6S/c1-12(2)23-21(28)24-19(26)15(5)31-20(27)18-10-13(3)25(14(18)4)11-16-6-8-17(9-7-16)32(22,29)30/h6-10,12,15H,11H2,1-5H3,(H2,22,29,30)(H2,23,24,26,28). The first kappa shape index (κ1) is 25.1. The molecular formula is C21H28N4O6S. The van der Waals surface area contributed by atoms with Crippen LogP contribution in [-0.4, -0.2) is 43.0 Å². The summed E-state index contributed by atoms with van der Waals surface area (Å²) in [7, 11) is -3.77. The monoisotopic (exact) mass is 464 g/mol. The highest BCUT2D eigenvalue weighted by molar-refractivity contribution is 7.89. The molecule has 0 saturated carbocycles. The number of imide groups is 1. The van der Waals surface area contributed by atoms with Crippen LogP contribution in [0.4, 0.5) is 4.79 Å². The van der Waals surface area contributed by atoms with E-state index >= 15 is 0 Å². The van der Waals surface area contributed by atoms with Crippen LogP contribution < -0.4 is 15.8 Å². The van der Waals surface area contributed by atoms with E-state index in [2.05, 4.69) is 10.6 Å². The van der Waals surface area contributed by atoms with Crippen LogP contribution in [0.3, 0.4) is 0 Å². The first-order valence-corrected chi connectivity index (χ1v) is 11.4. The maximum Gasteiger partial charge on any atom is 0.340 e. The molecule has 0 aliphatic carbocycles. The van der Waals surface area contributed by atoms with Crippen LogP contribution in [-0.2, 0) is 26.1 Å². The predicted octanol–water partition coefficient (Wildman–Crippen LogP) is 1.58. The molecule has 0 spiro atoms. The molecule has 10 nitrogen and oxygen atoms in total. The fourth-order valence-electron chi connectivity index (χ4n) is 3.01. The number of amides is 3. The lowest BCUT2D eigenvalue weighted by molar-refractivity contribution is -0.127. The SMILES string of the molecule is Cc1cc(C(=O)OC(C)C(=O)NC(=O)NC(C)C)c(C)n1Cc1ccc(S(N)(=O)=O)cc1. The molecule has 11 heteroatoms. The van der Waals surface area contributed by atoms with E-state index in [1.165, 1.54) is 19.1 Å². The van der Waals surface area contributed by atoms with Gasteiger partial charge in [0.05, 0.1) is 10.5 Å². The van der Waals surface area contributed by atoms with Crippen molar-refractivity contribution < 1.29 is 27.5 Å². The summed E-state index contributed by atoms with van der Waals surface area (Å²) >= 11 is 0. The number of hydrogen-bond donors (Lipinski definition) is 3. The molecule has 2 rings (SSSR count). The van der Waals surface area contributed by atoms with E-state index < -0.39 is 34.0 Å². The molecule has 1 unspecified atom stereocenters. The molecular weight excluding hydrogens is 436 g/mol. The second-order valence-electron chi connectivity index (χ2n) is 7.72. The predicted molar refractivity (Wildman–Crippen MR) is 118 cm³/mol. The number of primary sulfonamides is 1. The molecule has 1 aromatic heterocycles. The van der Waals surface area contributed by atoms with E-state index in [-0.39, 0.29) is 16.5 Å². The number of urea groups is 1. The van der Waals surface area contributed by atoms with Crippen molar-refractivity contribution in [1.82, 2.24) is 15.2 Å². The van der Waals surface area contributed by atoms with Gasteiger partial charge >= 0.3 is 12.0 Å². The quantitative estimate of drug-likeness (QED) is 0.530. The average Bonchev–Trinajstić information content (AvgIpc) is 2.95. The van der Waals surface area contributed by atoms with E-state index in [0.29, 0.717) is 12.2 Å². The molecule has 0 radical (unpaired) electrons. The van der Waals surface area contributed by atoms with Gasteiger partial charge in [-0.15, -0.1) is 0 Å². The minimum absolute atomic E-state index is 0.0146. The van der Waals surface area contributed by atoms with Crippen LogP contribution in [0.1, 0.15) is 48.1 Å². The van der Waals surface area contributed by atoms with Crippen molar-refractivity contribution in [2.45, 2.75) is 58.2 Å². The molecule has 3 amide bonds. The summed E-state index contributed by atoms with van der Waals surface area (Å²) in [6, 6.07) is 6.96. The maximum absolute atomic E-state index is 12.6. The molecule has 32 heavy (non-hydrogen) atoms. The number of hydrogen-bond acceptors (Lipinski definition) is 6. The molecule has 0 fully saturated rings. The van der Waals surface area contributed by atoms with Crippen molar-refractivity contribution >= 4 is 27.9 Å². The molecule has 4 N–H and O–H groups in total. The number of carbonyl (C=O) groups is 3. The first-order valence-electron chi connectivity index (χ1n) is 9.90. The number of esters is 1. The van der Waals surface area contributed by atoms with Gasteiger partial charge in [-0.2, -0.15) is 0 Å². The van der Waals surface area contributed by atoms with Crippen molar-refractivity contribution in [2.75, 3.05) is 0 Å². The molecule has 0 bridgehead atoms. The lowest BCUT2D eigenvalue weighted by atomic mass is 10.2. The minimum atomic E-state index is -3.77. The second kappa shape index (κ2) is 9.96. The van der Waals surface area contributed by atoms with E-state index in [1.54, 1.807) is 39.0 Å². The summed E-state index contributed by atoms with van der Waals surface area (Å²) in [6.07, 6.45) is -1.17. The summed E-state index contributed by atoms with van der Waals surface area (Å²) in [6.45, 7) is 8.82. The van der Waals surface area contributed by atoms with Crippen molar-refractivity contribution in [3.63, 3.8) is 0 Å². The Morgan fingerprint density at radius 1 is 1.09 bits per heavy atom. The minimum Gasteiger partial charge on any atom is -0.449 e. The Kier molecular flexibility index (Phi) is 7.81. The highest BCUT2D eigenvalue weighted by atomic mass is 32.2. The number of sulfonamides is 1. The number of benzene rings is 1. The number of ether oxygens (including phenoxy) is 1. The number of nitrogens with zero attached hydrogens (tertiary/aromatic N) is 1. The van der Waals surface area contributed by atoms with Gasteiger partial charge in [-0.1, -0.05) is 12.1 Å². The Labute approximate surface area is 187 Å². The summed E-state index contributed by atoms with van der Waals surface area (Å²) in [5.74, 6) is -1.43. The third kappa shape index (κ3) is 6.41. The topological polar surface area (TPSA) is 150 Å². The molecule has 1 heterocycles. The molecule has 1 atom stereocenters. The Morgan fingerprint density at radius 2 is 1.69 bits per heavy atom. The van der Waals surface area contributed by atoms with Gasteiger partial charge in [-0.3, -0.25) is 10.1 Å². The smallest absolute Gasteiger partial charge is 0.340 e. The van der Waals surface area contributed by atoms with Crippen LogP contribution in [0.25, 0.3) is 0 Å². The number of carbonyl (C=O) groups excluding carboxylic acids is 3. The van der Waals surface area contributed by atoms with Gasteiger partial charge in [-0.25, -0.2) is 23.1 Å². The van der Waals surface area contributed by atoms with Crippen LogP contribution >= 0.6 is 0 Å². The number of nitrogens with two attached hydrogens (primary N) is 1. The van der Waals surface area contributed by atoms with Crippen molar-refractivity contribution in [3.05, 3.63) is 52.8 Å². The van der Waals surface area contributed by atoms with Crippen LogP contribution in [0.2, 0.25) is 0 Å². The zero-order valence-corrected chi connectivity index (χ0v) is 19.4. The highest BCUT2D eigenvalue weighted by Crippen LogP contribution is 2.19. The van der Waals surface area contributed by atoms with Crippen LogP contribution in [0.5, 0.6) is 0 Å². The summed E-state index contributed by atoms with van der Waals surface area (Å²) in [5, 5.41) is 9.75. The van der Waals surface area contributed by atoms with Gasteiger partial charge in [0, 0.05) is 24.0 Å². The van der Waals surface area contributed by atoms with Gasteiger partial charge in [0.2, 0.25) is 10.0 Å². The van der Waals surface area contributed by atoms with Crippen LogP contribution in [0.15, 0.2) is 35.2 Å². The van der Waals surface area contributed by atoms with Crippen LogP contribution in [0, 0.1) is 13.8 Å². The molecule has 0 aliphatic heterocycles. The fourth-order valence-corrected chi connectivity index (χ4v) is 3.52. The Balaban J connectivity index is 2.10. The summed E-state index contributed by atoms with van der Waals surface area (Å²) in [5.41, 5.74) is 2.49. The van der Waals surface area contributed by atoms with Crippen molar-refractivity contribution in [1.29, 1.82) is 0 Å². The molecule has 0 saturated heterocycles. The average molecular weight is 465 g/mol. The Morgan fingerprint density at radius 3 is 2.22 bits per heavy atom. The second-order valence-corrected chi connectivity index (χ2v) is 9.29. The van der Waals surface area contributed by atoms with E-state index in [9.17, 15) is 22.8 Å². The lowest BCUT2D eigenvalue weighted by Gasteiger charge is -2.14. The number of nitrogens with one attached hydrogen (secondary N) is 2. The zero-order chi connectivity index (χ0) is 24.2. The maximum atomic E-state index is 12.6. The molecule has 0 aliphatic rings. The van der Waals surface area contributed by atoms with Gasteiger partial charge in [-0.05, 0) is 58.4 Å². The molecule has 1 aromatic carbocycles. The molecule has 174 valence electrons. The van der Waals surface area contributed by atoms with Gasteiger partial charge in [0.1, 0.15) is 0 Å². The normalized spacial score (nSPS) is 12.3. The molecule has 2 aromatic rings. The third-order valence-electron chi connectivity index (χ3n) is 4.70. The Bertz CT molecular complexity index is 1120. The van der Waals surface area contributed by atoms with Gasteiger partial charge < -0.3 is 14.6 Å². The van der Waals surface area contributed by atoms with E-state index in [0.717, 1.165) is 11.3 Å². The first-order chi connectivity index (χ1) is 14.8. The van der Waals surface area contributed by atoms with E-state index in [1.807, 2.05) is 11.5 Å². The number of aryl methyl sites for hydroxylation is 1. The van der Waals surface area contributed by atoms with E-state index in [4.69, 9.17) is 9.88 Å². The largest absolute Gasteiger partial charge is 0.449 e.